The summed E-state index contributed by atoms with van der Waals surface area (Å²) in [6.07, 6.45) is 3.47. The Hall–Kier alpha value is -1.35. The molecule has 0 radical (unpaired) electrons. The lowest BCUT2D eigenvalue weighted by atomic mass is 9.91. The van der Waals surface area contributed by atoms with Gasteiger partial charge in [0.15, 0.2) is 0 Å². The highest BCUT2D eigenvalue weighted by atomic mass is 16.2. The lowest BCUT2D eigenvalue weighted by Crippen LogP contribution is -2.43. The third-order valence-electron chi connectivity index (χ3n) is 3.68. The smallest absolute Gasteiger partial charge is 0.226 e. The van der Waals surface area contributed by atoms with Crippen LogP contribution in [0.2, 0.25) is 0 Å². The van der Waals surface area contributed by atoms with Crippen molar-refractivity contribution in [3.63, 3.8) is 0 Å². The predicted molar refractivity (Wildman–Crippen MR) is 84.6 cm³/mol. The average molecular weight is 276 g/mol. The number of carbonyl (C=O) groups excluding carboxylic acids is 1. The van der Waals surface area contributed by atoms with Crippen LogP contribution in [0.15, 0.2) is 30.3 Å². The van der Waals surface area contributed by atoms with Crippen molar-refractivity contribution >= 4 is 5.91 Å². The topological polar surface area (TPSA) is 41.1 Å². The largest absolute Gasteiger partial charge is 0.359 e. The summed E-state index contributed by atoms with van der Waals surface area (Å²) >= 11 is 0. The molecule has 0 aliphatic rings. The van der Waals surface area contributed by atoms with E-state index in [1.807, 2.05) is 19.9 Å². The first-order valence-corrected chi connectivity index (χ1v) is 7.51. The molecule has 2 N–H and O–H groups in total. The first-order chi connectivity index (χ1) is 9.51. The fourth-order valence-electron chi connectivity index (χ4n) is 2.28. The van der Waals surface area contributed by atoms with Crippen LogP contribution < -0.4 is 10.6 Å². The number of amides is 1. The molecule has 3 nitrogen and oxygen atoms in total. The molecular weight excluding hydrogens is 248 g/mol. The molecule has 1 aromatic rings. The zero-order valence-corrected chi connectivity index (χ0v) is 13.2. The Bertz CT molecular complexity index is 401. The van der Waals surface area contributed by atoms with Crippen LogP contribution in [0.25, 0.3) is 0 Å². The van der Waals surface area contributed by atoms with E-state index in [0.29, 0.717) is 12.6 Å². The molecule has 1 atom stereocenters. The van der Waals surface area contributed by atoms with Gasteiger partial charge >= 0.3 is 0 Å². The summed E-state index contributed by atoms with van der Waals surface area (Å²) in [5.74, 6) is 0.0762. The molecule has 0 aromatic heterocycles. The number of benzene rings is 1. The zero-order chi connectivity index (χ0) is 15.0. The van der Waals surface area contributed by atoms with Gasteiger partial charge in [0.1, 0.15) is 0 Å². The summed E-state index contributed by atoms with van der Waals surface area (Å²) in [6, 6.07) is 10.8. The number of hydrogen-bond acceptors (Lipinski definition) is 2. The van der Waals surface area contributed by atoms with Gasteiger partial charge in [0.2, 0.25) is 5.91 Å². The van der Waals surface area contributed by atoms with Gasteiger partial charge in [-0.3, -0.25) is 4.79 Å². The van der Waals surface area contributed by atoms with Gasteiger partial charge < -0.3 is 10.6 Å². The highest BCUT2D eigenvalue weighted by Gasteiger charge is 2.27. The van der Waals surface area contributed by atoms with E-state index < -0.39 is 5.41 Å². The fraction of sp³-hybridized carbons (Fsp3) is 0.588. The summed E-state index contributed by atoms with van der Waals surface area (Å²) in [6.45, 7) is 6.83. The van der Waals surface area contributed by atoms with Gasteiger partial charge in [0.05, 0.1) is 5.41 Å². The maximum Gasteiger partial charge on any atom is 0.226 e. The van der Waals surface area contributed by atoms with Crippen molar-refractivity contribution in [2.45, 2.75) is 46.1 Å². The second kappa shape index (κ2) is 8.05. The van der Waals surface area contributed by atoms with Crippen molar-refractivity contribution in [2.75, 3.05) is 13.6 Å². The van der Waals surface area contributed by atoms with Gasteiger partial charge in [-0.15, -0.1) is 0 Å². The quantitative estimate of drug-likeness (QED) is 0.765. The third kappa shape index (κ3) is 4.97. The molecule has 3 heteroatoms. The second-order valence-corrected chi connectivity index (χ2v) is 5.95. The summed E-state index contributed by atoms with van der Waals surface area (Å²) in [4.78, 5) is 11.8. The van der Waals surface area contributed by atoms with E-state index in [9.17, 15) is 4.79 Å². The van der Waals surface area contributed by atoms with Crippen molar-refractivity contribution in [3.8, 4) is 0 Å². The van der Waals surface area contributed by atoms with E-state index in [4.69, 9.17) is 0 Å². The third-order valence-corrected chi connectivity index (χ3v) is 3.68. The van der Waals surface area contributed by atoms with Crippen molar-refractivity contribution in [1.29, 1.82) is 0 Å². The van der Waals surface area contributed by atoms with Gasteiger partial charge in [-0.2, -0.15) is 0 Å². The van der Waals surface area contributed by atoms with E-state index in [2.05, 4.69) is 41.8 Å². The molecule has 0 aliphatic heterocycles. The first kappa shape index (κ1) is 16.7. The van der Waals surface area contributed by atoms with Crippen LogP contribution in [0.3, 0.4) is 0 Å². The van der Waals surface area contributed by atoms with E-state index >= 15 is 0 Å². The van der Waals surface area contributed by atoms with Crippen LogP contribution >= 0.6 is 0 Å². The fourth-order valence-corrected chi connectivity index (χ4v) is 2.28. The van der Waals surface area contributed by atoms with Gasteiger partial charge in [0.25, 0.3) is 0 Å². The summed E-state index contributed by atoms with van der Waals surface area (Å²) in [5.41, 5.74) is 0.905. The molecule has 112 valence electrons. The SMILES string of the molecule is CCCCC(NCC(C)(C)C(=O)NC)c1ccccc1. The maximum absolute atomic E-state index is 11.8. The molecule has 1 rings (SSSR count). The average Bonchev–Trinajstić information content (AvgIpc) is 2.47. The number of carbonyl (C=O) groups is 1. The summed E-state index contributed by atoms with van der Waals surface area (Å²) in [5, 5.41) is 6.30. The number of unbranched alkanes of at least 4 members (excludes halogenated alkanes) is 1. The molecule has 0 bridgehead atoms. The normalized spacial score (nSPS) is 13.0. The van der Waals surface area contributed by atoms with Gasteiger partial charge in [-0.05, 0) is 25.8 Å². The molecule has 0 saturated carbocycles. The molecule has 1 aromatic carbocycles. The van der Waals surface area contributed by atoms with Crippen LogP contribution in [0.1, 0.15) is 51.6 Å². The van der Waals surface area contributed by atoms with Crippen LogP contribution in [0, 0.1) is 5.41 Å². The minimum absolute atomic E-state index is 0.0762. The molecular formula is C17H28N2O. The van der Waals surface area contributed by atoms with Crippen LogP contribution in [-0.2, 0) is 4.79 Å². The minimum atomic E-state index is -0.395. The van der Waals surface area contributed by atoms with Crippen molar-refractivity contribution in [1.82, 2.24) is 10.6 Å². The Morgan fingerprint density at radius 1 is 1.25 bits per heavy atom. The number of nitrogens with one attached hydrogen (secondary N) is 2. The predicted octanol–water partition coefficient (Wildman–Crippen LogP) is 3.28. The van der Waals surface area contributed by atoms with Crippen LogP contribution in [-0.4, -0.2) is 19.5 Å². The second-order valence-electron chi connectivity index (χ2n) is 5.95. The Morgan fingerprint density at radius 2 is 1.90 bits per heavy atom. The monoisotopic (exact) mass is 276 g/mol. The minimum Gasteiger partial charge on any atom is -0.359 e. The Labute approximate surface area is 123 Å². The van der Waals surface area contributed by atoms with Gasteiger partial charge in [-0.1, -0.05) is 50.1 Å². The lowest BCUT2D eigenvalue weighted by Gasteiger charge is -2.27. The molecule has 0 spiro atoms. The molecule has 20 heavy (non-hydrogen) atoms. The van der Waals surface area contributed by atoms with E-state index in [0.717, 1.165) is 6.42 Å². The zero-order valence-electron chi connectivity index (χ0n) is 13.2. The molecule has 0 fully saturated rings. The van der Waals surface area contributed by atoms with Crippen molar-refractivity contribution in [3.05, 3.63) is 35.9 Å². The molecule has 1 unspecified atom stereocenters. The Balaban J connectivity index is 2.69. The lowest BCUT2D eigenvalue weighted by molar-refractivity contribution is -0.128. The van der Waals surface area contributed by atoms with Crippen LogP contribution in [0.5, 0.6) is 0 Å². The Morgan fingerprint density at radius 3 is 2.45 bits per heavy atom. The van der Waals surface area contributed by atoms with Crippen LogP contribution in [0.4, 0.5) is 0 Å². The van der Waals surface area contributed by atoms with E-state index in [1.54, 1.807) is 7.05 Å². The van der Waals surface area contributed by atoms with Gasteiger partial charge in [0, 0.05) is 19.6 Å². The highest BCUT2D eigenvalue weighted by molar-refractivity contribution is 5.81. The van der Waals surface area contributed by atoms with Gasteiger partial charge in [-0.25, -0.2) is 0 Å². The summed E-state index contributed by atoms with van der Waals surface area (Å²) < 4.78 is 0. The molecule has 1 amide bonds. The van der Waals surface area contributed by atoms with E-state index in [1.165, 1.54) is 18.4 Å². The molecule has 0 aliphatic carbocycles. The number of rotatable bonds is 8. The highest BCUT2D eigenvalue weighted by Crippen LogP contribution is 2.22. The molecule has 0 heterocycles. The van der Waals surface area contributed by atoms with Crippen molar-refractivity contribution < 1.29 is 4.79 Å². The molecule has 0 saturated heterocycles. The number of hydrogen-bond donors (Lipinski definition) is 2. The first-order valence-electron chi connectivity index (χ1n) is 7.51. The standard InChI is InChI=1S/C17H28N2O/c1-5-6-12-15(14-10-8-7-9-11-14)19-13-17(2,3)16(20)18-4/h7-11,15,19H,5-6,12-13H2,1-4H3,(H,18,20). The van der Waals surface area contributed by atoms with Crippen molar-refractivity contribution in [2.24, 2.45) is 5.41 Å². The van der Waals surface area contributed by atoms with E-state index in [-0.39, 0.29) is 5.91 Å². The summed E-state index contributed by atoms with van der Waals surface area (Å²) in [7, 11) is 1.69. The maximum atomic E-state index is 11.8. The Kier molecular flexibility index (Phi) is 6.73.